The van der Waals surface area contributed by atoms with E-state index >= 15 is 0 Å². The summed E-state index contributed by atoms with van der Waals surface area (Å²) in [5.74, 6) is 0.515. The summed E-state index contributed by atoms with van der Waals surface area (Å²) in [6.45, 7) is 3.89. The predicted octanol–water partition coefficient (Wildman–Crippen LogP) is 3.75. The Hall–Kier alpha value is -3.08. The van der Waals surface area contributed by atoms with E-state index in [2.05, 4.69) is 10.3 Å². The van der Waals surface area contributed by atoms with Crippen LogP contribution < -0.4 is 10.1 Å². The lowest BCUT2D eigenvalue weighted by Crippen LogP contribution is -2.12. The molecule has 3 rings (SSSR count). The van der Waals surface area contributed by atoms with E-state index in [0.717, 1.165) is 16.9 Å². The summed E-state index contributed by atoms with van der Waals surface area (Å²) in [5, 5.41) is 2.90. The van der Waals surface area contributed by atoms with E-state index in [0.29, 0.717) is 17.0 Å². The van der Waals surface area contributed by atoms with Gasteiger partial charge in [0.25, 0.3) is 5.91 Å². The minimum atomic E-state index is -0.146. The predicted molar refractivity (Wildman–Crippen MR) is 94.0 cm³/mol. The molecule has 5 nitrogen and oxygen atoms in total. The van der Waals surface area contributed by atoms with E-state index in [-0.39, 0.29) is 5.91 Å². The van der Waals surface area contributed by atoms with Gasteiger partial charge in [0.15, 0.2) is 0 Å². The Morgan fingerprint density at radius 1 is 1.17 bits per heavy atom. The monoisotopic (exact) mass is 321 g/mol. The zero-order valence-electron chi connectivity index (χ0n) is 13.9. The molecule has 122 valence electrons. The Kier molecular flexibility index (Phi) is 4.33. The van der Waals surface area contributed by atoms with E-state index in [1.54, 1.807) is 25.6 Å². The molecule has 0 unspecified atom stereocenters. The van der Waals surface area contributed by atoms with Crippen molar-refractivity contribution in [3.63, 3.8) is 0 Å². The van der Waals surface area contributed by atoms with Crippen LogP contribution in [0.4, 0.5) is 5.69 Å². The summed E-state index contributed by atoms with van der Waals surface area (Å²) < 4.78 is 7.35. The molecule has 1 N–H and O–H groups in total. The highest BCUT2D eigenvalue weighted by Gasteiger charge is 2.10. The van der Waals surface area contributed by atoms with Crippen molar-refractivity contribution in [2.75, 3.05) is 12.4 Å². The van der Waals surface area contributed by atoms with Crippen LogP contribution >= 0.6 is 0 Å². The molecule has 0 atom stereocenters. The van der Waals surface area contributed by atoms with Gasteiger partial charge in [0.05, 0.1) is 24.8 Å². The summed E-state index contributed by atoms with van der Waals surface area (Å²) in [7, 11) is 1.61. The quantitative estimate of drug-likeness (QED) is 0.796. The molecule has 0 aliphatic heterocycles. The average Bonchev–Trinajstić information content (AvgIpc) is 3.01. The molecule has 1 amide bonds. The fraction of sp³-hybridized carbons (Fsp3) is 0.158. The van der Waals surface area contributed by atoms with Crippen LogP contribution in [0.15, 0.2) is 55.0 Å². The number of imidazole rings is 1. The molecule has 5 heteroatoms. The topological polar surface area (TPSA) is 56.1 Å². The molecule has 0 aliphatic carbocycles. The third-order valence-electron chi connectivity index (χ3n) is 3.71. The Labute approximate surface area is 140 Å². The number of hydrogen-bond donors (Lipinski definition) is 1. The van der Waals surface area contributed by atoms with E-state index in [4.69, 9.17) is 4.74 Å². The number of carbonyl (C=O) groups is 1. The largest absolute Gasteiger partial charge is 0.494 e. The maximum Gasteiger partial charge on any atom is 0.255 e. The first-order valence-corrected chi connectivity index (χ1v) is 7.64. The van der Waals surface area contributed by atoms with Gasteiger partial charge < -0.3 is 14.6 Å². The van der Waals surface area contributed by atoms with Crippen molar-refractivity contribution in [2.24, 2.45) is 0 Å². The molecule has 2 aromatic carbocycles. The highest BCUT2D eigenvalue weighted by atomic mass is 16.5. The number of nitrogens with one attached hydrogen (secondary N) is 1. The van der Waals surface area contributed by atoms with Gasteiger partial charge in [-0.25, -0.2) is 4.98 Å². The molecule has 3 aromatic rings. The lowest BCUT2D eigenvalue weighted by Gasteiger charge is -2.12. The lowest BCUT2D eigenvalue weighted by atomic mass is 10.1. The lowest BCUT2D eigenvalue weighted by molar-refractivity contribution is 0.102. The van der Waals surface area contributed by atoms with Crippen molar-refractivity contribution in [1.29, 1.82) is 0 Å². The van der Waals surface area contributed by atoms with Crippen LogP contribution in [0.1, 0.15) is 21.6 Å². The maximum absolute atomic E-state index is 12.4. The molecule has 0 spiro atoms. The number of carbonyl (C=O) groups excluding carboxylic acids is 1. The van der Waals surface area contributed by atoms with Gasteiger partial charge in [0.2, 0.25) is 0 Å². The standard InChI is InChI=1S/C19H19N3O2/c1-13-5-4-6-15(9-13)19(23)21-16-7-8-17(18(10-16)24-3)22-11-14(2)20-12-22/h4-12H,1-3H3,(H,21,23). The van der Waals surface area contributed by atoms with Crippen molar-refractivity contribution >= 4 is 11.6 Å². The van der Waals surface area contributed by atoms with Gasteiger partial charge in [-0.2, -0.15) is 0 Å². The van der Waals surface area contributed by atoms with Crippen molar-refractivity contribution < 1.29 is 9.53 Å². The third-order valence-corrected chi connectivity index (χ3v) is 3.71. The van der Waals surface area contributed by atoms with Crippen molar-refractivity contribution in [3.05, 3.63) is 71.8 Å². The first-order valence-electron chi connectivity index (χ1n) is 7.64. The smallest absolute Gasteiger partial charge is 0.255 e. The van der Waals surface area contributed by atoms with Crippen molar-refractivity contribution in [3.8, 4) is 11.4 Å². The average molecular weight is 321 g/mol. The summed E-state index contributed by atoms with van der Waals surface area (Å²) in [6.07, 6.45) is 3.65. The first kappa shape index (κ1) is 15.8. The molecule has 0 fully saturated rings. The number of anilines is 1. The van der Waals surface area contributed by atoms with Crippen LogP contribution in [0, 0.1) is 13.8 Å². The summed E-state index contributed by atoms with van der Waals surface area (Å²) in [5.41, 5.74) is 4.15. The Bertz CT molecular complexity index is 884. The van der Waals surface area contributed by atoms with Gasteiger partial charge in [-0.15, -0.1) is 0 Å². The minimum absolute atomic E-state index is 0.146. The molecule has 0 bridgehead atoms. The van der Waals surface area contributed by atoms with Crippen LogP contribution in [0.5, 0.6) is 5.75 Å². The molecule has 0 saturated heterocycles. The number of rotatable bonds is 4. The van der Waals surface area contributed by atoms with Crippen LogP contribution in [0.25, 0.3) is 5.69 Å². The molecule has 24 heavy (non-hydrogen) atoms. The van der Waals surface area contributed by atoms with E-state index in [9.17, 15) is 4.79 Å². The first-order chi connectivity index (χ1) is 11.6. The van der Waals surface area contributed by atoms with Gasteiger partial charge in [0.1, 0.15) is 5.75 Å². The highest BCUT2D eigenvalue weighted by Crippen LogP contribution is 2.27. The van der Waals surface area contributed by atoms with Crippen molar-refractivity contribution in [1.82, 2.24) is 9.55 Å². The summed E-state index contributed by atoms with van der Waals surface area (Å²) >= 11 is 0. The van der Waals surface area contributed by atoms with Crippen LogP contribution in [0.2, 0.25) is 0 Å². The Balaban J connectivity index is 1.86. The Morgan fingerprint density at radius 3 is 2.67 bits per heavy atom. The second kappa shape index (κ2) is 6.58. The van der Waals surface area contributed by atoms with Crippen LogP contribution in [0.3, 0.4) is 0 Å². The van der Waals surface area contributed by atoms with Gasteiger partial charge in [-0.1, -0.05) is 17.7 Å². The number of aromatic nitrogens is 2. The number of methoxy groups -OCH3 is 1. The number of aryl methyl sites for hydroxylation is 2. The number of nitrogens with zero attached hydrogens (tertiary/aromatic N) is 2. The van der Waals surface area contributed by atoms with Gasteiger partial charge in [-0.05, 0) is 38.1 Å². The van der Waals surface area contributed by atoms with E-state index in [1.807, 2.05) is 54.9 Å². The van der Waals surface area contributed by atoms with Crippen LogP contribution in [-0.4, -0.2) is 22.6 Å². The number of hydrogen-bond acceptors (Lipinski definition) is 3. The highest BCUT2D eigenvalue weighted by molar-refractivity contribution is 6.04. The molecule has 1 heterocycles. The maximum atomic E-state index is 12.4. The number of amides is 1. The summed E-state index contributed by atoms with van der Waals surface area (Å²) in [6, 6.07) is 13.0. The third kappa shape index (κ3) is 3.30. The molecular formula is C19H19N3O2. The zero-order valence-corrected chi connectivity index (χ0v) is 13.9. The minimum Gasteiger partial charge on any atom is -0.494 e. The van der Waals surface area contributed by atoms with Crippen molar-refractivity contribution in [2.45, 2.75) is 13.8 Å². The molecule has 0 saturated carbocycles. The van der Waals surface area contributed by atoms with Crippen LogP contribution in [-0.2, 0) is 0 Å². The van der Waals surface area contributed by atoms with Gasteiger partial charge >= 0.3 is 0 Å². The molecule has 0 aliphatic rings. The molecule has 1 aromatic heterocycles. The fourth-order valence-corrected chi connectivity index (χ4v) is 2.51. The normalized spacial score (nSPS) is 10.5. The zero-order chi connectivity index (χ0) is 17.1. The van der Waals surface area contributed by atoms with Gasteiger partial charge in [0, 0.05) is 23.5 Å². The number of benzene rings is 2. The van der Waals surface area contributed by atoms with E-state index < -0.39 is 0 Å². The van der Waals surface area contributed by atoms with E-state index in [1.165, 1.54) is 0 Å². The Morgan fingerprint density at radius 2 is 2.00 bits per heavy atom. The second-order valence-electron chi connectivity index (χ2n) is 5.63. The second-order valence-corrected chi connectivity index (χ2v) is 5.63. The van der Waals surface area contributed by atoms with Gasteiger partial charge in [-0.3, -0.25) is 4.79 Å². The molecule has 0 radical (unpaired) electrons. The summed E-state index contributed by atoms with van der Waals surface area (Å²) in [4.78, 5) is 16.6. The number of ether oxygens (including phenoxy) is 1. The fourth-order valence-electron chi connectivity index (χ4n) is 2.51. The SMILES string of the molecule is COc1cc(NC(=O)c2cccc(C)c2)ccc1-n1cnc(C)c1. The molecular weight excluding hydrogens is 302 g/mol.